The number of anilines is 2. The predicted molar refractivity (Wildman–Crippen MR) is 81.1 cm³/mol. The van der Waals surface area contributed by atoms with E-state index in [4.69, 9.17) is 5.73 Å². The minimum atomic E-state index is -0.510. The first-order valence-corrected chi connectivity index (χ1v) is 6.88. The van der Waals surface area contributed by atoms with Crippen LogP contribution in [0.5, 0.6) is 0 Å². The van der Waals surface area contributed by atoms with Crippen molar-refractivity contribution >= 4 is 17.3 Å². The summed E-state index contributed by atoms with van der Waals surface area (Å²) >= 11 is 0. The topological polar surface area (TPSA) is 85.3 Å². The molecule has 21 heavy (non-hydrogen) atoms. The molecule has 1 aromatic heterocycles. The number of rotatable bonds is 2. The molecule has 0 bridgehead atoms. The highest BCUT2D eigenvalue weighted by atomic mass is 16.6. The van der Waals surface area contributed by atoms with Crippen molar-refractivity contribution in [2.24, 2.45) is 0 Å². The van der Waals surface area contributed by atoms with Gasteiger partial charge in [-0.1, -0.05) is 24.3 Å². The Morgan fingerprint density at radius 2 is 1.95 bits per heavy atom. The molecule has 1 aromatic carbocycles. The Hall–Kier alpha value is -2.63. The van der Waals surface area contributed by atoms with Crippen molar-refractivity contribution in [2.45, 2.75) is 19.4 Å². The molecule has 0 spiro atoms. The van der Waals surface area contributed by atoms with Gasteiger partial charge in [0.2, 0.25) is 5.82 Å². The van der Waals surface area contributed by atoms with E-state index in [1.165, 1.54) is 17.2 Å². The molecule has 0 saturated carbocycles. The van der Waals surface area contributed by atoms with E-state index in [0.29, 0.717) is 5.82 Å². The number of aryl methyl sites for hydroxylation is 1. The van der Waals surface area contributed by atoms with E-state index in [1.807, 2.05) is 6.07 Å². The summed E-state index contributed by atoms with van der Waals surface area (Å²) in [4.78, 5) is 16.6. The summed E-state index contributed by atoms with van der Waals surface area (Å²) in [5.74, 6) is 0.657. The number of benzene rings is 1. The lowest BCUT2D eigenvalue weighted by Crippen LogP contribution is -2.23. The maximum atomic E-state index is 10.8. The highest BCUT2D eigenvalue weighted by Gasteiger charge is 2.18. The molecule has 0 aliphatic carbocycles. The summed E-state index contributed by atoms with van der Waals surface area (Å²) in [6, 6.07) is 11.4. The molecule has 0 atom stereocenters. The number of fused-ring (bicyclic) bond motifs is 1. The second kappa shape index (κ2) is 5.40. The first-order chi connectivity index (χ1) is 10.1. The normalized spacial score (nSPS) is 14.4. The maximum absolute atomic E-state index is 10.8. The molecule has 2 heterocycles. The lowest BCUT2D eigenvalue weighted by atomic mass is 10.0. The van der Waals surface area contributed by atoms with Gasteiger partial charge in [-0.15, -0.1) is 0 Å². The number of pyridine rings is 1. The molecule has 1 aliphatic rings. The van der Waals surface area contributed by atoms with E-state index in [0.717, 1.165) is 25.9 Å². The first-order valence-electron chi connectivity index (χ1n) is 6.88. The van der Waals surface area contributed by atoms with Gasteiger partial charge in [-0.05, 0) is 30.0 Å². The number of nitrogens with zero attached hydrogens (tertiary/aromatic N) is 3. The minimum Gasteiger partial charge on any atom is -0.378 e. The number of hydrogen-bond donors (Lipinski definition) is 1. The summed E-state index contributed by atoms with van der Waals surface area (Å²) in [5, 5.41) is 10.8. The van der Waals surface area contributed by atoms with Crippen molar-refractivity contribution in [2.75, 3.05) is 17.2 Å². The Balaban J connectivity index is 1.91. The number of hydrogen-bond acceptors (Lipinski definition) is 5. The van der Waals surface area contributed by atoms with Gasteiger partial charge in [-0.25, -0.2) is 4.98 Å². The van der Waals surface area contributed by atoms with Crippen LogP contribution < -0.4 is 10.6 Å². The molecule has 0 fully saturated rings. The van der Waals surface area contributed by atoms with Crippen molar-refractivity contribution < 1.29 is 4.92 Å². The van der Waals surface area contributed by atoms with Crippen LogP contribution in [0, 0.1) is 10.1 Å². The first kappa shape index (κ1) is 13.4. The van der Waals surface area contributed by atoms with Crippen LogP contribution in [0.2, 0.25) is 0 Å². The van der Waals surface area contributed by atoms with E-state index >= 15 is 0 Å². The van der Waals surface area contributed by atoms with Crippen LogP contribution in [0.25, 0.3) is 0 Å². The maximum Gasteiger partial charge on any atom is 0.311 e. The SMILES string of the molecule is Nc1nc(N2CCCc3ccccc3C2)ccc1[N+](=O)[O-]. The molecule has 3 rings (SSSR count). The van der Waals surface area contributed by atoms with Crippen LogP contribution in [0.1, 0.15) is 17.5 Å². The third-order valence-corrected chi connectivity index (χ3v) is 3.76. The van der Waals surface area contributed by atoms with Crippen LogP contribution in [-0.4, -0.2) is 16.5 Å². The Kier molecular flexibility index (Phi) is 3.43. The molecule has 0 radical (unpaired) electrons. The zero-order chi connectivity index (χ0) is 14.8. The van der Waals surface area contributed by atoms with Crippen LogP contribution in [0.3, 0.4) is 0 Å². The summed E-state index contributed by atoms with van der Waals surface area (Å²) < 4.78 is 0. The fourth-order valence-electron chi connectivity index (χ4n) is 2.68. The van der Waals surface area contributed by atoms with Crippen molar-refractivity contribution in [1.29, 1.82) is 0 Å². The van der Waals surface area contributed by atoms with Gasteiger partial charge < -0.3 is 10.6 Å². The van der Waals surface area contributed by atoms with Gasteiger partial charge in [-0.2, -0.15) is 0 Å². The molecule has 0 unspecified atom stereocenters. The van der Waals surface area contributed by atoms with Gasteiger partial charge in [0, 0.05) is 19.2 Å². The standard InChI is InChI=1S/C15H16N4O2/c16-15-13(19(20)21)7-8-14(17-15)18-9-3-6-11-4-1-2-5-12(11)10-18/h1-2,4-5,7-8H,3,6,9-10H2,(H2,16,17). The second-order valence-corrected chi connectivity index (χ2v) is 5.12. The third kappa shape index (κ3) is 2.65. The monoisotopic (exact) mass is 284 g/mol. The molecule has 6 heteroatoms. The molecule has 0 amide bonds. The van der Waals surface area contributed by atoms with Crippen LogP contribution in [0.15, 0.2) is 36.4 Å². The van der Waals surface area contributed by atoms with Gasteiger partial charge in [0.05, 0.1) is 4.92 Å². The van der Waals surface area contributed by atoms with Gasteiger partial charge >= 0.3 is 5.69 Å². The van der Waals surface area contributed by atoms with E-state index in [2.05, 4.69) is 28.1 Å². The van der Waals surface area contributed by atoms with Gasteiger partial charge in [0.25, 0.3) is 0 Å². The Bertz CT molecular complexity index is 687. The Labute approximate surface area is 122 Å². The summed E-state index contributed by atoms with van der Waals surface area (Å²) in [5.41, 5.74) is 8.17. The minimum absolute atomic E-state index is 0.0324. The van der Waals surface area contributed by atoms with Crippen LogP contribution in [0.4, 0.5) is 17.3 Å². The summed E-state index contributed by atoms with van der Waals surface area (Å²) in [7, 11) is 0. The average Bonchev–Trinajstić information content (AvgIpc) is 2.68. The molecular formula is C15H16N4O2. The smallest absolute Gasteiger partial charge is 0.311 e. The highest BCUT2D eigenvalue weighted by Crippen LogP contribution is 2.26. The Morgan fingerprint density at radius 3 is 2.67 bits per heavy atom. The lowest BCUT2D eigenvalue weighted by Gasteiger charge is -2.22. The second-order valence-electron chi connectivity index (χ2n) is 5.12. The molecule has 0 saturated heterocycles. The zero-order valence-corrected chi connectivity index (χ0v) is 11.5. The third-order valence-electron chi connectivity index (χ3n) is 3.76. The Morgan fingerprint density at radius 1 is 1.19 bits per heavy atom. The fourth-order valence-corrected chi connectivity index (χ4v) is 2.68. The predicted octanol–water partition coefficient (Wildman–Crippen LogP) is 2.52. The largest absolute Gasteiger partial charge is 0.378 e. The molecule has 2 aromatic rings. The van der Waals surface area contributed by atoms with Crippen molar-refractivity contribution in [3.05, 3.63) is 57.6 Å². The number of nitrogens with two attached hydrogens (primary N) is 1. The average molecular weight is 284 g/mol. The molecule has 108 valence electrons. The fraction of sp³-hybridized carbons (Fsp3) is 0.267. The number of nitrogen functional groups attached to an aromatic ring is 1. The van der Waals surface area contributed by atoms with Crippen LogP contribution >= 0.6 is 0 Å². The van der Waals surface area contributed by atoms with Gasteiger partial charge in [0.15, 0.2) is 0 Å². The quantitative estimate of drug-likeness (QED) is 0.676. The van der Waals surface area contributed by atoms with Crippen molar-refractivity contribution in [3.8, 4) is 0 Å². The van der Waals surface area contributed by atoms with Crippen molar-refractivity contribution in [1.82, 2.24) is 4.98 Å². The van der Waals surface area contributed by atoms with E-state index in [9.17, 15) is 10.1 Å². The van der Waals surface area contributed by atoms with E-state index in [1.54, 1.807) is 6.07 Å². The van der Waals surface area contributed by atoms with Crippen molar-refractivity contribution in [3.63, 3.8) is 0 Å². The lowest BCUT2D eigenvalue weighted by molar-refractivity contribution is -0.384. The molecule has 6 nitrogen and oxygen atoms in total. The van der Waals surface area contributed by atoms with Gasteiger partial charge in [0.1, 0.15) is 5.82 Å². The zero-order valence-electron chi connectivity index (χ0n) is 11.5. The summed E-state index contributed by atoms with van der Waals surface area (Å²) in [6.45, 7) is 1.61. The number of nitro groups is 1. The molecule has 1 aliphatic heterocycles. The van der Waals surface area contributed by atoms with Gasteiger partial charge in [-0.3, -0.25) is 10.1 Å². The van der Waals surface area contributed by atoms with E-state index in [-0.39, 0.29) is 11.5 Å². The van der Waals surface area contributed by atoms with E-state index < -0.39 is 4.92 Å². The molecule has 2 N–H and O–H groups in total. The summed E-state index contributed by atoms with van der Waals surface area (Å²) in [6.07, 6.45) is 2.06. The molecular weight excluding hydrogens is 268 g/mol. The highest BCUT2D eigenvalue weighted by molar-refractivity contribution is 5.58. The van der Waals surface area contributed by atoms with Crippen LogP contribution in [-0.2, 0) is 13.0 Å². The number of aromatic nitrogens is 1.